The molecule has 0 spiro atoms. The lowest BCUT2D eigenvalue weighted by Crippen LogP contribution is -2.29. The van der Waals surface area contributed by atoms with Crippen LogP contribution in [0, 0.1) is 0 Å². The van der Waals surface area contributed by atoms with Crippen LogP contribution in [0.25, 0.3) is 0 Å². The lowest BCUT2D eigenvalue weighted by molar-refractivity contribution is -0.143. The Morgan fingerprint density at radius 2 is 1.89 bits per heavy atom. The summed E-state index contributed by atoms with van der Waals surface area (Å²) >= 11 is 0. The van der Waals surface area contributed by atoms with Gasteiger partial charge >= 0.3 is 5.97 Å². The summed E-state index contributed by atoms with van der Waals surface area (Å²) in [5, 5.41) is 9.13. The summed E-state index contributed by atoms with van der Waals surface area (Å²) in [6.07, 6.45) is 0.00164. The molecule has 0 radical (unpaired) electrons. The minimum Gasteiger partial charge on any atom is -0.508 e. The van der Waals surface area contributed by atoms with Crippen molar-refractivity contribution in [1.82, 2.24) is 4.31 Å². The van der Waals surface area contributed by atoms with E-state index in [-0.39, 0.29) is 30.2 Å². The Kier molecular flexibility index (Phi) is 5.31. The zero-order chi connectivity index (χ0) is 14.5. The zero-order valence-electron chi connectivity index (χ0n) is 10.9. The highest BCUT2D eigenvalue weighted by molar-refractivity contribution is 7.89. The van der Waals surface area contributed by atoms with Crippen LogP contribution >= 0.6 is 0 Å². The molecule has 1 N–H and O–H groups in total. The Balaban J connectivity index is 2.72. The summed E-state index contributed by atoms with van der Waals surface area (Å²) < 4.78 is 30.0. The first-order valence-electron chi connectivity index (χ1n) is 5.79. The van der Waals surface area contributed by atoms with Crippen molar-refractivity contribution in [2.75, 3.05) is 20.2 Å². The van der Waals surface area contributed by atoms with Gasteiger partial charge in [-0.25, -0.2) is 12.7 Å². The number of sulfonamides is 1. The van der Waals surface area contributed by atoms with E-state index in [9.17, 15) is 13.2 Å². The maximum atomic E-state index is 12.1. The van der Waals surface area contributed by atoms with Gasteiger partial charge in [0.25, 0.3) is 0 Å². The molecule has 0 saturated carbocycles. The first-order chi connectivity index (χ1) is 8.87. The van der Waals surface area contributed by atoms with Crippen molar-refractivity contribution < 1.29 is 23.1 Å². The third kappa shape index (κ3) is 4.22. The van der Waals surface area contributed by atoms with Gasteiger partial charge in [-0.2, -0.15) is 0 Å². The number of carbonyl (C=O) groups excluding carboxylic acids is 1. The number of hydrogen-bond donors (Lipinski definition) is 1. The molecule has 0 saturated heterocycles. The summed E-state index contributed by atoms with van der Waals surface area (Å²) in [4.78, 5) is 11.2. The first kappa shape index (κ1) is 15.5. The molecule has 106 valence electrons. The molecule has 6 nitrogen and oxygen atoms in total. The molecule has 0 aromatic heterocycles. The minimum atomic E-state index is -3.65. The number of phenolic OH excluding ortho intramolecular Hbond substituents is 1. The number of ether oxygens (including phenoxy) is 1. The van der Waals surface area contributed by atoms with Gasteiger partial charge in [-0.3, -0.25) is 4.79 Å². The molecule has 1 rings (SSSR count). The molecule has 0 fully saturated rings. The van der Waals surface area contributed by atoms with E-state index in [2.05, 4.69) is 0 Å². The summed E-state index contributed by atoms with van der Waals surface area (Å²) in [6.45, 7) is 2.00. The van der Waals surface area contributed by atoms with Crippen LogP contribution in [0.1, 0.15) is 13.3 Å². The van der Waals surface area contributed by atoms with Gasteiger partial charge < -0.3 is 9.84 Å². The number of hydrogen-bond acceptors (Lipinski definition) is 5. The summed E-state index contributed by atoms with van der Waals surface area (Å²) in [5.41, 5.74) is 0. The van der Waals surface area contributed by atoms with Crippen molar-refractivity contribution in [3.05, 3.63) is 24.3 Å². The number of benzene rings is 1. The van der Waals surface area contributed by atoms with Crippen molar-refractivity contribution in [3.63, 3.8) is 0 Å². The normalized spacial score (nSPS) is 11.5. The first-order valence-corrected chi connectivity index (χ1v) is 7.23. The van der Waals surface area contributed by atoms with Crippen LogP contribution < -0.4 is 0 Å². The SMILES string of the molecule is CCOC(=O)CCN(C)S(=O)(=O)c1ccc(O)cc1. The van der Waals surface area contributed by atoms with Crippen molar-refractivity contribution in [2.24, 2.45) is 0 Å². The summed E-state index contributed by atoms with van der Waals surface area (Å²) in [6, 6.07) is 5.22. The molecule has 19 heavy (non-hydrogen) atoms. The standard InChI is InChI=1S/C12H17NO5S/c1-3-18-12(15)8-9-13(2)19(16,17)11-6-4-10(14)5-7-11/h4-7,14H,3,8-9H2,1-2H3. The Bertz CT molecular complexity index is 524. The summed E-state index contributed by atoms with van der Waals surface area (Å²) in [5.74, 6) is -0.441. The van der Waals surface area contributed by atoms with Gasteiger partial charge in [0.15, 0.2) is 0 Å². The maximum Gasteiger partial charge on any atom is 0.307 e. The number of esters is 1. The summed E-state index contributed by atoms with van der Waals surface area (Å²) in [7, 11) is -2.26. The Morgan fingerprint density at radius 3 is 2.42 bits per heavy atom. The second-order valence-electron chi connectivity index (χ2n) is 3.88. The van der Waals surface area contributed by atoms with Gasteiger partial charge in [0.2, 0.25) is 10.0 Å². The van der Waals surface area contributed by atoms with Gasteiger partial charge in [-0.05, 0) is 31.2 Å². The Hall–Kier alpha value is -1.60. The number of rotatable bonds is 6. The lowest BCUT2D eigenvalue weighted by Gasteiger charge is -2.16. The average Bonchev–Trinajstić information content (AvgIpc) is 2.36. The van der Waals surface area contributed by atoms with Crippen LogP contribution in [0.5, 0.6) is 5.75 Å². The fourth-order valence-corrected chi connectivity index (χ4v) is 2.57. The number of carbonyl (C=O) groups is 1. The van der Waals surface area contributed by atoms with E-state index in [4.69, 9.17) is 9.84 Å². The van der Waals surface area contributed by atoms with Gasteiger partial charge in [0.1, 0.15) is 5.75 Å². The second-order valence-corrected chi connectivity index (χ2v) is 5.92. The highest BCUT2D eigenvalue weighted by Gasteiger charge is 2.21. The molecule has 0 aliphatic rings. The van der Waals surface area contributed by atoms with Gasteiger partial charge in [0, 0.05) is 13.6 Å². The predicted octanol–water partition coefficient (Wildman–Crippen LogP) is 0.966. The van der Waals surface area contributed by atoms with Crippen LogP contribution in [0.3, 0.4) is 0 Å². The predicted molar refractivity (Wildman–Crippen MR) is 69.2 cm³/mol. The van der Waals surface area contributed by atoms with E-state index >= 15 is 0 Å². The van der Waals surface area contributed by atoms with E-state index in [1.165, 1.54) is 31.3 Å². The molecule has 0 heterocycles. The smallest absolute Gasteiger partial charge is 0.307 e. The van der Waals surface area contributed by atoms with Crippen molar-refractivity contribution in [1.29, 1.82) is 0 Å². The van der Waals surface area contributed by atoms with Crippen molar-refractivity contribution in [3.8, 4) is 5.75 Å². The highest BCUT2D eigenvalue weighted by Crippen LogP contribution is 2.17. The number of aromatic hydroxyl groups is 1. The molecule has 0 aliphatic heterocycles. The molecule has 0 bridgehead atoms. The van der Waals surface area contributed by atoms with E-state index in [1.54, 1.807) is 6.92 Å². The van der Waals surface area contributed by atoms with Gasteiger partial charge in [-0.15, -0.1) is 0 Å². The second kappa shape index (κ2) is 6.53. The van der Waals surface area contributed by atoms with Crippen molar-refractivity contribution >= 4 is 16.0 Å². The Morgan fingerprint density at radius 1 is 1.32 bits per heavy atom. The molecule has 0 atom stereocenters. The van der Waals surface area contributed by atoms with Gasteiger partial charge in [-0.1, -0.05) is 0 Å². The quantitative estimate of drug-likeness (QED) is 0.788. The average molecular weight is 287 g/mol. The molecule has 0 unspecified atom stereocenters. The van der Waals surface area contributed by atoms with E-state index in [0.29, 0.717) is 0 Å². The fraction of sp³-hybridized carbons (Fsp3) is 0.417. The van der Waals surface area contributed by atoms with Crippen molar-refractivity contribution in [2.45, 2.75) is 18.2 Å². The monoisotopic (exact) mass is 287 g/mol. The van der Waals surface area contributed by atoms with Gasteiger partial charge in [0.05, 0.1) is 17.9 Å². The molecule has 0 amide bonds. The molecule has 7 heteroatoms. The molecular weight excluding hydrogens is 270 g/mol. The van der Waals surface area contributed by atoms with E-state index < -0.39 is 16.0 Å². The molecule has 1 aromatic rings. The van der Waals surface area contributed by atoms with Crippen LogP contribution in [-0.2, 0) is 19.6 Å². The lowest BCUT2D eigenvalue weighted by atomic mass is 10.3. The van der Waals surface area contributed by atoms with Crippen LogP contribution in [0.4, 0.5) is 0 Å². The van der Waals surface area contributed by atoms with Crippen LogP contribution in [0.2, 0.25) is 0 Å². The van der Waals surface area contributed by atoms with E-state index in [1.807, 2.05) is 0 Å². The fourth-order valence-electron chi connectivity index (χ4n) is 1.40. The Labute approximate surface area is 112 Å². The maximum absolute atomic E-state index is 12.1. The topological polar surface area (TPSA) is 83.9 Å². The molecule has 0 aliphatic carbocycles. The van der Waals surface area contributed by atoms with Crippen LogP contribution in [-0.4, -0.2) is 44.0 Å². The zero-order valence-corrected chi connectivity index (χ0v) is 11.7. The third-order valence-electron chi connectivity index (χ3n) is 2.48. The van der Waals surface area contributed by atoms with Crippen LogP contribution in [0.15, 0.2) is 29.2 Å². The minimum absolute atomic E-state index is 0.00164. The largest absolute Gasteiger partial charge is 0.508 e. The number of nitrogens with zero attached hydrogens (tertiary/aromatic N) is 1. The molecular formula is C12H17NO5S. The number of phenols is 1. The van der Waals surface area contributed by atoms with E-state index in [0.717, 1.165) is 4.31 Å². The highest BCUT2D eigenvalue weighted by atomic mass is 32.2. The third-order valence-corrected chi connectivity index (χ3v) is 4.35. The molecule has 1 aromatic carbocycles.